The van der Waals surface area contributed by atoms with Crippen molar-refractivity contribution in [3.8, 4) is 44.5 Å². The number of hydrogen-bond acceptors (Lipinski definition) is 1. The van der Waals surface area contributed by atoms with E-state index in [1.54, 1.807) is 0 Å². The normalized spacial score (nSPS) is 13.0. The van der Waals surface area contributed by atoms with E-state index < -0.39 is 0 Å². The maximum atomic E-state index is 2.49. The highest BCUT2D eigenvalue weighted by molar-refractivity contribution is 7.26. The molecular formula is C51H36S. The highest BCUT2D eigenvalue weighted by Gasteiger charge is 2.36. The summed E-state index contributed by atoms with van der Waals surface area (Å²) < 4.78 is 2.74. The van der Waals surface area contributed by atoms with Crippen molar-refractivity contribution in [2.24, 2.45) is 0 Å². The first-order valence-corrected chi connectivity index (χ1v) is 18.9. The molecule has 0 bridgehead atoms. The second-order valence-electron chi connectivity index (χ2n) is 14.5. The Bertz CT molecular complexity index is 2920. The highest BCUT2D eigenvalue weighted by Crippen LogP contribution is 2.52. The second-order valence-corrected chi connectivity index (χ2v) is 15.5. The smallest absolute Gasteiger partial charge is 0.0433 e. The van der Waals surface area contributed by atoms with Gasteiger partial charge in [0.2, 0.25) is 0 Å². The molecule has 0 saturated heterocycles. The summed E-state index contributed by atoms with van der Waals surface area (Å²) in [6.45, 7) is 4.78. The van der Waals surface area contributed by atoms with Gasteiger partial charge in [-0.15, -0.1) is 11.3 Å². The van der Waals surface area contributed by atoms with E-state index in [1.165, 1.54) is 97.4 Å². The van der Waals surface area contributed by atoms with E-state index in [1.807, 2.05) is 11.3 Å². The van der Waals surface area contributed by atoms with Crippen molar-refractivity contribution in [2.75, 3.05) is 0 Å². The monoisotopic (exact) mass is 680 g/mol. The van der Waals surface area contributed by atoms with Crippen LogP contribution in [-0.4, -0.2) is 0 Å². The Morgan fingerprint density at radius 1 is 0.346 bits per heavy atom. The average molecular weight is 681 g/mol. The van der Waals surface area contributed by atoms with Gasteiger partial charge in [0.1, 0.15) is 0 Å². The Balaban J connectivity index is 1.13. The van der Waals surface area contributed by atoms with E-state index >= 15 is 0 Å². The number of thiophene rings is 1. The van der Waals surface area contributed by atoms with Crippen LogP contribution in [0.15, 0.2) is 182 Å². The van der Waals surface area contributed by atoms with E-state index in [0.717, 1.165) is 0 Å². The summed E-state index contributed by atoms with van der Waals surface area (Å²) in [4.78, 5) is 0. The summed E-state index contributed by atoms with van der Waals surface area (Å²) in [7, 11) is 0. The van der Waals surface area contributed by atoms with Crippen molar-refractivity contribution < 1.29 is 0 Å². The van der Waals surface area contributed by atoms with Crippen molar-refractivity contribution >= 4 is 53.1 Å². The number of hydrogen-bond donors (Lipinski definition) is 0. The Morgan fingerprint density at radius 2 is 0.942 bits per heavy atom. The van der Waals surface area contributed by atoms with Gasteiger partial charge >= 0.3 is 0 Å². The molecule has 0 spiro atoms. The lowest BCUT2D eigenvalue weighted by Gasteiger charge is -2.22. The second kappa shape index (κ2) is 12.0. The SMILES string of the molecule is CC1(C)c2ccc(-c3cccc(-c4ccccccc(-c5ccccc5)c5ccccc45)c3)cc2-c2cc3ccc4c5ccccc5sc4c3cc21. The van der Waals surface area contributed by atoms with Crippen LogP contribution in [-0.2, 0) is 5.41 Å². The summed E-state index contributed by atoms with van der Waals surface area (Å²) in [6, 6.07) is 67.1. The standard InChI is InChI=1S/C51H36S/c1-51(2)47-28-26-35(30-45(47)46-31-37-25-27-43-42-23-12-13-24-49(42)52-50(43)44(37)32-48(46)51)34-17-14-18-36(29-34)39-20-9-4-3-8-19-38(33-15-6-5-7-16-33)40-21-10-11-22-41(39)40/h3-32H,1-2H3. The van der Waals surface area contributed by atoms with Crippen molar-refractivity contribution in [1.82, 2.24) is 0 Å². The van der Waals surface area contributed by atoms with Crippen molar-refractivity contribution in [1.29, 1.82) is 0 Å². The van der Waals surface area contributed by atoms with Crippen LogP contribution < -0.4 is 0 Å². The third-order valence-corrected chi connectivity index (χ3v) is 12.3. The molecule has 1 heteroatoms. The third-order valence-electron chi connectivity index (χ3n) is 11.1. The Kier molecular flexibility index (Phi) is 7.13. The van der Waals surface area contributed by atoms with Crippen LogP contribution in [0.25, 0.3) is 86.2 Å². The van der Waals surface area contributed by atoms with E-state index in [-0.39, 0.29) is 5.41 Å². The van der Waals surface area contributed by atoms with Crippen LogP contribution in [0, 0.1) is 0 Å². The van der Waals surface area contributed by atoms with Gasteiger partial charge < -0.3 is 0 Å². The summed E-state index contributed by atoms with van der Waals surface area (Å²) in [6.07, 6.45) is 0. The molecule has 0 nitrogen and oxygen atoms in total. The van der Waals surface area contributed by atoms with Crippen molar-refractivity contribution in [2.45, 2.75) is 19.3 Å². The number of fused-ring (bicyclic) bond motifs is 9. The molecule has 0 saturated carbocycles. The third kappa shape index (κ3) is 4.88. The van der Waals surface area contributed by atoms with Gasteiger partial charge in [-0.05, 0) is 108 Å². The van der Waals surface area contributed by atoms with Crippen LogP contribution in [0.3, 0.4) is 0 Å². The van der Waals surface area contributed by atoms with E-state index in [4.69, 9.17) is 0 Å². The van der Waals surface area contributed by atoms with E-state index in [0.29, 0.717) is 0 Å². The van der Waals surface area contributed by atoms with Crippen molar-refractivity contribution in [3.05, 3.63) is 193 Å². The fourth-order valence-corrected chi connectivity index (χ4v) is 9.71. The lowest BCUT2D eigenvalue weighted by molar-refractivity contribution is 0.661. The highest BCUT2D eigenvalue weighted by atomic mass is 32.1. The molecule has 1 aliphatic rings. The molecule has 0 N–H and O–H groups in total. The quantitative estimate of drug-likeness (QED) is 0.174. The molecular weight excluding hydrogens is 645 g/mol. The molecule has 52 heavy (non-hydrogen) atoms. The molecule has 9 aromatic rings. The molecule has 0 unspecified atom stereocenters. The molecule has 0 aliphatic heterocycles. The molecule has 10 rings (SSSR count). The molecule has 0 radical (unpaired) electrons. The van der Waals surface area contributed by atoms with Gasteiger partial charge in [-0.2, -0.15) is 0 Å². The fraction of sp³-hybridized carbons (Fsp3) is 0.0588. The molecule has 1 aromatic heterocycles. The van der Waals surface area contributed by atoms with E-state index in [2.05, 4.69) is 196 Å². The molecule has 0 atom stereocenters. The maximum absolute atomic E-state index is 2.49. The number of benzene rings is 7. The van der Waals surface area contributed by atoms with Crippen molar-refractivity contribution in [3.63, 3.8) is 0 Å². The Morgan fingerprint density at radius 3 is 1.73 bits per heavy atom. The zero-order valence-corrected chi connectivity index (χ0v) is 30.0. The van der Waals surface area contributed by atoms with Crippen LogP contribution >= 0.6 is 11.3 Å². The predicted molar refractivity (Wildman–Crippen MR) is 226 cm³/mol. The summed E-state index contributed by atoms with van der Waals surface area (Å²) in [5.41, 5.74) is 12.7. The topological polar surface area (TPSA) is 0 Å². The summed E-state index contributed by atoms with van der Waals surface area (Å²) in [5, 5.41) is 7.82. The lowest BCUT2D eigenvalue weighted by Crippen LogP contribution is -2.14. The first-order valence-electron chi connectivity index (χ1n) is 18.1. The van der Waals surface area contributed by atoms with Gasteiger partial charge in [0, 0.05) is 25.6 Å². The Hall–Kier alpha value is -6.02. The largest absolute Gasteiger partial charge is 0.135 e. The minimum absolute atomic E-state index is 0.0898. The maximum Gasteiger partial charge on any atom is 0.0433 e. The summed E-state index contributed by atoms with van der Waals surface area (Å²) >= 11 is 1.92. The number of rotatable bonds is 3. The average Bonchev–Trinajstić information content (AvgIpc) is 3.68. The zero-order chi connectivity index (χ0) is 34.8. The van der Waals surface area contributed by atoms with Crippen LogP contribution in [0.2, 0.25) is 0 Å². The van der Waals surface area contributed by atoms with Gasteiger partial charge in [0.25, 0.3) is 0 Å². The zero-order valence-electron chi connectivity index (χ0n) is 29.2. The van der Waals surface area contributed by atoms with Crippen LogP contribution in [0.1, 0.15) is 25.0 Å². The van der Waals surface area contributed by atoms with Gasteiger partial charge in [-0.25, -0.2) is 0 Å². The molecule has 8 aromatic carbocycles. The first kappa shape index (κ1) is 30.8. The van der Waals surface area contributed by atoms with Gasteiger partial charge in [-0.1, -0.05) is 166 Å². The van der Waals surface area contributed by atoms with Crippen LogP contribution in [0.4, 0.5) is 0 Å². The lowest BCUT2D eigenvalue weighted by atomic mass is 9.81. The van der Waals surface area contributed by atoms with E-state index in [9.17, 15) is 0 Å². The predicted octanol–water partition coefficient (Wildman–Crippen LogP) is 14.8. The molecule has 0 amide bonds. The first-order chi connectivity index (χ1) is 25.5. The fourth-order valence-electron chi connectivity index (χ4n) is 8.48. The molecule has 0 fully saturated rings. The minimum atomic E-state index is -0.0898. The van der Waals surface area contributed by atoms with Crippen LogP contribution in [0.5, 0.6) is 0 Å². The summed E-state index contributed by atoms with van der Waals surface area (Å²) in [5.74, 6) is 0. The molecule has 246 valence electrons. The van der Waals surface area contributed by atoms with Gasteiger partial charge in [0.15, 0.2) is 0 Å². The molecule has 1 heterocycles. The Labute approximate surface area is 308 Å². The van der Waals surface area contributed by atoms with Gasteiger partial charge in [0.05, 0.1) is 0 Å². The van der Waals surface area contributed by atoms with Gasteiger partial charge in [-0.3, -0.25) is 0 Å². The molecule has 1 aliphatic carbocycles. The minimum Gasteiger partial charge on any atom is -0.135 e.